The Balaban J connectivity index is 2.58. The van der Waals surface area contributed by atoms with E-state index in [2.05, 4.69) is 18.7 Å². The van der Waals surface area contributed by atoms with Crippen molar-refractivity contribution in [2.45, 2.75) is 38.4 Å². The fraction of sp³-hybridized carbons (Fsp3) is 0.917. The van der Waals surface area contributed by atoms with Crippen LogP contribution in [0.4, 0.5) is 0 Å². The molecule has 3 unspecified atom stereocenters. The van der Waals surface area contributed by atoms with Gasteiger partial charge in [0.2, 0.25) is 5.91 Å². The molecule has 1 rings (SSSR count). The Bertz CT molecular complexity index is 412. The zero-order valence-corrected chi connectivity index (χ0v) is 13.0. The molecule has 112 valence electrons. The lowest BCUT2D eigenvalue weighted by Gasteiger charge is -2.43. The van der Waals surface area contributed by atoms with Gasteiger partial charge in [0.15, 0.2) is 0 Å². The highest BCUT2D eigenvalue weighted by Crippen LogP contribution is 2.14. The molecule has 2 N–H and O–H groups in total. The highest BCUT2D eigenvalue weighted by Gasteiger charge is 2.31. The molecule has 0 aliphatic carbocycles. The van der Waals surface area contributed by atoms with Crippen molar-refractivity contribution < 1.29 is 13.2 Å². The summed E-state index contributed by atoms with van der Waals surface area (Å²) in [7, 11) is -1.03. The predicted molar refractivity (Wildman–Crippen MR) is 75.6 cm³/mol. The lowest BCUT2D eigenvalue weighted by Crippen LogP contribution is -2.59. The van der Waals surface area contributed by atoms with E-state index >= 15 is 0 Å². The molecule has 1 aliphatic heterocycles. The first kappa shape index (κ1) is 16.4. The van der Waals surface area contributed by atoms with Crippen molar-refractivity contribution in [2.24, 2.45) is 5.73 Å². The number of sulfone groups is 1. The molecule has 0 aromatic rings. The molecule has 1 fully saturated rings. The summed E-state index contributed by atoms with van der Waals surface area (Å²) in [5.41, 5.74) is 5.81. The summed E-state index contributed by atoms with van der Waals surface area (Å²) in [6, 6.07) is -0.151. The van der Waals surface area contributed by atoms with Gasteiger partial charge >= 0.3 is 0 Å². The molecule has 6 nitrogen and oxygen atoms in total. The SMILES string of the molecule is CC1CN(C(=O)C(N)CCS(C)(=O)=O)CC(C)N1C. The maximum absolute atomic E-state index is 12.2. The van der Waals surface area contributed by atoms with Crippen LogP contribution in [0.2, 0.25) is 0 Å². The van der Waals surface area contributed by atoms with Crippen LogP contribution in [0.5, 0.6) is 0 Å². The van der Waals surface area contributed by atoms with Crippen LogP contribution in [0, 0.1) is 0 Å². The number of carbonyl (C=O) groups excluding carboxylic acids is 1. The molecule has 1 saturated heterocycles. The smallest absolute Gasteiger partial charge is 0.239 e. The zero-order valence-electron chi connectivity index (χ0n) is 12.2. The van der Waals surface area contributed by atoms with E-state index in [1.54, 1.807) is 4.90 Å². The largest absolute Gasteiger partial charge is 0.338 e. The van der Waals surface area contributed by atoms with Crippen molar-refractivity contribution in [3.63, 3.8) is 0 Å². The summed E-state index contributed by atoms with van der Waals surface area (Å²) < 4.78 is 22.2. The van der Waals surface area contributed by atoms with Gasteiger partial charge in [0.1, 0.15) is 9.84 Å². The number of hydrogen-bond donors (Lipinski definition) is 1. The lowest BCUT2D eigenvalue weighted by molar-refractivity contribution is -0.136. The molecule has 19 heavy (non-hydrogen) atoms. The van der Waals surface area contributed by atoms with Crippen molar-refractivity contribution in [3.05, 3.63) is 0 Å². The minimum absolute atomic E-state index is 0.0429. The number of rotatable bonds is 4. The average Bonchev–Trinajstić information content (AvgIpc) is 2.30. The molecular weight excluding hydrogens is 266 g/mol. The lowest BCUT2D eigenvalue weighted by atomic mass is 10.1. The monoisotopic (exact) mass is 291 g/mol. The zero-order chi connectivity index (χ0) is 14.8. The van der Waals surface area contributed by atoms with Gasteiger partial charge in [-0.05, 0) is 27.3 Å². The Morgan fingerprint density at radius 3 is 2.21 bits per heavy atom. The Labute approximate surface area is 115 Å². The number of amides is 1. The second-order valence-corrected chi connectivity index (χ2v) is 7.89. The first-order chi connectivity index (χ1) is 8.61. The fourth-order valence-corrected chi connectivity index (χ4v) is 2.97. The number of piperazine rings is 1. The van der Waals surface area contributed by atoms with E-state index in [4.69, 9.17) is 5.73 Å². The van der Waals surface area contributed by atoms with Crippen LogP contribution in [0.25, 0.3) is 0 Å². The molecular formula is C12H25N3O3S. The molecule has 3 atom stereocenters. The Kier molecular flexibility index (Phi) is 5.34. The van der Waals surface area contributed by atoms with Crippen LogP contribution in [0.1, 0.15) is 20.3 Å². The maximum Gasteiger partial charge on any atom is 0.239 e. The molecule has 0 bridgehead atoms. The molecule has 1 amide bonds. The maximum atomic E-state index is 12.2. The van der Waals surface area contributed by atoms with E-state index in [1.807, 2.05) is 7.05 Å². The first-order valence-corrected chi connectivity index (χ1v) is 8.62. The molecule has 1 heterocycles. The van der Waals surface area contributed by atoms with Gasteiger partial charge in [-0.15, -0.1) is 0 Å². The number of carbonyl (C=O) groups is 1. The third-order valence-corrected chi connectivity index (χ3v) is 4.77. The van der Waals surface area contributed by atoms with Gasteiger partial charge in [0.25, 0.3) is 0 Å². The summed E-state index contributed by atoms with van der Waals surface area (Å²) in [4.78, 5) is 16.2. The predicted octanol–water partition coefficient (Wildman–Crippen LogP) is -0.701. The molecule has 0 radical (unpaired) electrons. The van der Waals surface area contributed by atoms with Gasteiger partial charge < -0.3 is 10.6 Å². The summed E-state index contributed by atoms with van der Waals surface area (Å²) in [5.74, 6) is -0.186. The average molecular weight is 291 g/mol. The highest BCUT2D eigenvalue weighted by molar-refractivity contribution is 7.90. The van der Waals surface area contributed by atoms with Gasteiger partial charge in [-0.2, -0.15) is 0 Å². The Morgan fingerprint density at radius 2 is 1.79 bits per heavy atom. The third-order valence-electron chi connectivity index (χ3n) is 3.79. The van der Waals surface area contributed by atoms with Crippen LogP contribution < -0.4 is 5.73 Å². The number of likely N-dealkylation sites (N-methyl/N-ethyl adjacent to an activating group) is 1. The summed E-state index contributed by atoms with van der Waals surface area (Å²) in [5, 5.41) is 0. The van der Waals surface area contributed by atoms with Crippen LogP contribution in [-0.4, -0.2) is 74.4 Å². The third kappa shape index (κ3) is 4.74. The summed E-state index contributed by atoms with van der Waals surface area (Å²) in [6.45, 7) is 5.43. The van der Waals surface area contributed by atoms with Crippen molar-refractivity contribution in [1.29, 1.82) is 0 Å². The minimum atomic E-state index is -3.07. The van der Waals surface area contributed by atoms with E-state index in [0.717, 1.165) is 6.26 Å². The standard InChI is InChI=1S/C12H25N3O3S/c1-9-7-15(8-10(2)14(9)3)12(16)11(13)5-6-19(4,17)18/h9-11H,5-8,13H2,1-4H3. The molecule has 0 spiro atoms. The van der Waals surface area contributed by atoms with Crippen LogP contribution in [0.3, 0.4) is 0 Å². The van der Waals surface area contributed by atoms with Crippen molar-refractivity contribution >= 4 is 15.7 Å². The summed E-state index contributed by atoms with van der Waals surface area (Å²) >= 11 is 0. The van der Waals surface area contributed by atoms with E-state index in [1.165, 1.54) is 0 Å². The molecule has 0 aromatic heterocycles. The first-order valence-electron chi connectivity index (χ1n) is 6.56. The second kappa shape index (κ2) is 6.19. The summed E-state index contributed by atoms with van der Waals surface area (Å²) in [6.07, 6.45) is 1.34. The number of hydrogen-bond acceptors (Lipinski definition) is 5. The minimum Gasteiger partial charge on any atom is -0.338 e. The molecule has 1 aliphatic rings. The quantitative estimate of drug-likeness (QED) is 0.740. The number of nitrogens with zero attached hydrogens (tertiary/aromatic N) is 2. The van der Waals surface area contributed by atoms with Gasteiger partial charge in [0.05, 0.1) is 11.8 Å². The topological polar surface area (TPSA) is 83.7 Å². The van der Waals surface area contributed by atoms with Crippen LogP contribution in [-0.2, 0) is 14.6 Å². The Hall–Kier alpha value is -0.660. The van der Waals surface area contributed by atoms with Gasteiger partial charge in [-0.1, -0.05) is 0 Å². The van der Waals surface area contributed by atoms with E-state index in [9.17, 15) is 13.2 Å². The Morgan fingerprint density at radius 1 is 1.32 bits per heavy atom. The molecule has 0 aromatic carbocycles. The van der Waals surface area contributed by atoms with E-state index < -0.39 is 15.9 Å². The van der Waals surface area contributed by atoms with Crippen LogP contribution in [0.15, 0.2) is 0 Å². The highest BCUT2D eigenvalue weighted by atomic mass is 32.2. The van der Waals surface area contributed by atoms with Crippen molar-refractivity contribution in [1.82, 2.24) is 9.80 Å². The number of nitrogens with two attached hydrogens (primary N) is 1. The molecule has 0 saturated carbocycles. The van der Waals surface area contributed by atoms with E-state index in [0.29, 0.717) is 13.1 Å². The van der Waals surface area contributed by atoms with Gasteiger partial charge in [0, 0.05) is 31.4 Å². The molecule has 7 heteroatoms. The normalized spacial score (nSPS) is 27.3. The van der Waals surface area contributed by atoms with Gasteiger partial charge in [-0.3, -0.25) is 9.69 Å². The van der Waals surface area contributed by atoms with Crippen LogP contribution >= 0.6 is 0 Å². The van der Waals surface area contributed by atoms with Crippen molar-refractivity contribution in [2.75, 3.05) is 32.1 Å². The van der Waals surface area contributed by atoms with Crippen molar-refractivity contribution in [3.8, 4) is 0 Å². The fourth-order valence-electron chi connectivity index (χ4n) is 2.28. The van der Waals surface area contributed by atoms with Gasteiger partial charge in [-0.25, -0.2) is 8.42 Å². The van der Waals surface area contributed by atoms with E-state index in [-0.39, 0.29) is 30.2 Å². The second-order valence-electron chi connectivity index (χ2n) is 5.63.